The lowest BCUT2D eigenvalue weighted by Gasteiger charge is -2.20. The number of nitrogens with zero attached hydrogens (tertiary/aromatic N) is 1. The average molecular weight is 292 g/mol. The van der Waals surface area contributed by atoms with E-state index in [2.05, 4.69) is 5.32 Å². The number of carbonyl (C=O) groups excluding carboxylic acids is 1. The molecule has 114 valence electrons. The number of nitrogens with one attached hydrogen (secondary N) is 1. The lowest BCUT2D eigenvalue weighted by atomic mass is 10.2. The monoisotopic (exact) mass is 292 g/mol. The number of benzene rings is 1. The van der Waals surface area contributed by atoms with Crippen LogP contribution in [-0.2, 0) is 16.1 Å². The minimum atomic E-state index is -0.851. The van der Waals surface area contributed by atoms with E-state index in [0.717, 1.165) is 17.7 Å². The van der Waals surface area contributed by atoms with E-state index in [-0.39, 0.29) is 12.5 Å². The van der Waals surface area contributed by atoms with Gasteiger partial charge in [-0.25, -0.2) is 0 Å². The summed E-state index contributed by atoms with van der Waals surface area (Å²) in [5.74, 6) is -0.235. The Bertz CT molecular complexity index is 501. The van der Waals surface area contributed by atoms with Gasteiger partial charge < -0.3 is 15.2 Å². The van der Waals surface area contributed by atoms with Crippen molar-refractivity contribution in [3.8, 4) is 5.75 Å². The van der Waals surface area contributed by atoms with Crippen LogP contribution in [0.5, 0.6) is 5.75 Å². The van der Waals surface area contributed by atoms with Crippen LogP contribution in [0.25, 0.3) is 0 Å². The van der Waals surface area contributed by atoms with Crippen LogP contribution in [-0.4, -0.2) is 48.1 Å². The summed E-state index contributed by atoms with van der Waals surface area (Å²) in [7, 11) is 1.60. The summed E-state index contributed by atoms with van der Waals surface area (Å²) in [5.41, 5.74) is 0.973. The zero-order chi connectivity index (χ0) is 15.2. The van der Waals surface area contributed by atoms with Gasteiger partial charge in [0, 0.05) is 6.54 Å². The molecule has 1 heterocycles. The summed E-state index contributed by atoms with van der Waals surface area (Å²) in [6.07, 6.45) is 1.43. The molecule has 1 aromatic carbocycles. The molecule has 1 fully saturated rings. The van der Waals surface area contributed by atoms with Crippen molar-refractivity contribution in [2.24, 2.45) is 0 Å². The van der Waals surface area contributed by atoms with Gasteiger partial charge in [-0.1, -0.05) is 12.1 Å². The lowest BCUT2D eigenvalue weighted by molar-refractivity contribution is -0.142. The third-order valence-electron chi connectivity index (χ3n) is 3.64. The largest absolute Gasteiger partial charge is 0.497 e. The first-order chi connectivity index (χ1) is 10.1. The van der Waals surface area contributed by atoms with E-state index in [1.807, 2.05) is 24.3 Å². The van der Waals surface area contributed by atoms with Crippen LogP contribution < -0.4 is 10.1 Å². The van der Waals surface area contributed by atoms with Gasteiger partial charge in [-0.15, -0.1) is 0 Å². The van der Waals surface area contributed by atoms with Crippen LogP contribution in [0, 0.1) is 0 Å². The van der Waals surface area contributed by atoms with Gasteiger partial charge in [0.05, 0.1) is 13.7 Å². The molecule has 6 heteroatoms. The predicted molar refractivity (Wildman–Crippen MR) is 77.1 cm³/mol. The fourth-order valence-corrected chi connectivity index (χ4v) is 2.48. The highest BCUT2D eigenvalue weighted by molar-refractivity contribution is 5.80. The highest BCUT2D eigenvalue weighted by Crippen LogP contribution is 2.16. The second kappa shape index (κ2) is 7.08. The fraction of sp³-hybridized carbons (Fsp3) is 0.467. The van der Waals surface area contributed by atoms with Gasteiger partial charge in [-0.2, -0.15) is 0 Å². The van der Waals surface area contributed by atoms with E-state index in [9.17, 15) is 9.59 Å². The first kappa shape index (κ1) is 15.3. The first-order valence-electron chi connectivity index (χ1n) is 6.96. The molecule has 2 N–H and O–H groups in total. The maximum Gasteiger partial charge on any atom is 0.320 e. The Balaban J connectivity index is 1.80. The Morgan fingerprint density at radius 2 is 2.10 bits per heavy atom. The number of amides is 1. The quantitative estimate of drug-likeness (QED) is 0.813. The Labute approximate surface area is 123 Å². The average Bonchev–Trinajstić information content (AvgIpc) is 2.94. The minimum Gasteiger partial charge on any atom is -0.497 e. The highest BCUT2D eigenvalue weighted by Gasteiger charge is 2.31. The third-order valence-corrected chi connectivity index (χ3v) is 3.64. The lowest BCUT2D eigenvalue weighted by Crippen LogP contribution is -2.42. The van der Waals surface area contributed by atoms with Gasteiger partial charge in [-0.3, -0.25) is 14.5 Å². The standard InChI is InChI=1S/C15H20N2O4/c1-21-12-6-4-11(5-7-12)9-16-14(18)10-17-8-2-3-13(17)15(19)20/h4-7,13H,2-3,8-10H2,1H3,(H,16,18)(H,19,20)/t13-/m0/s1. The first-order valence-corrected chi connectivity index (χ1v) is 6.96. The number of hydrogen-bond acceptors (Lipinski definition) is 4. The van der Waals surface area contributed by atoms with Crippen molar-refractivity contribution in [3.63, 3.8) is 0 Å². The second-order valence-corrected chi connectivity index (χ2v) is 5.09. The molecule has 2 rings (SSSR count). The smallest absolute Gasteiger partial charge is 0.320 e. The van der Waals surface area contributed by atoms with E-state index in [0.29, 0.717) is 19.5 Å². The number of likely N-dealkylation sites (tertiary alicyclic amines) is 1. The van der Waals surface area contributed by atoms with Crippen LogP contribution >= 0.6 is 0 Å². The van der Waals surface area contributed by atoms with E-state index >= 15 is 0 Å². The van der Waals surface area contributed by atoms with Crippen molar-refractivity contribution >= 4 is 11.9 Å². The van der Waals surface area contributed by atoms with Crippen LogP contribution in [0.3, 0.4) is 0 Å². The van der Waals surface area contributed by atoms with E-state index < -0.39 is 12.0 Å². The molecule has 0 bridgehead atoms. The molecule has 6 nitrogen and oxygen atoms in total. The molecule has 1 amide bonds. The molecule has 21 heavy (non-hydrogen) atoms. The molecule has 1 atom stereocenters. The zero-order valence-electron chi connectivity index (χ0n) is 12.0. The van der Waals surface area contributed by atoms with Crippen LogP contribution in [0.4, 0.5) is 0 Å². The van der Waals surface area contributed by atoms with Gasteiger partial charge in [0.25, 0.3) is 0 Å². The summed E-state index contributed by atoms with van der Waals surface area (Å²) in [4.78, 5) is 24.7. The SMILES string of the molecule is COc1ccc(CNC(=O)CN2CCC[C@H]2C(=O)O)cc1. The molecular formula is C15H20N2O4. The Morgan fingerprint density at radius 3 is 2.71 bits per heavy atom. The minimum absolute atomic E-state index is 0.132. The normalized spacial score (nSPS) is 18.4. The topological polar surface area (TPSA) is 78.9 Å². The van der Waals surface area contributed by atoms with Gasteiger partial charge in [-0.05, 0) is 37.1 Å². The van der Waals surface area contributed by atoms with Gasteiger partial charge >= 0.3 is 5.97 Å². The summed E-state index contributed by atoms with van der Waals surface area (Å²) in [6, 6.07) is 6.91. The van der Waals surface area contributed by atoms with E-state index in [1.165, 1.54) is 0 Å². The molecule has 1 aliphatic heterocycles. The van der Waals surface area contributed by atoms with Gasteiger partial charge in [0.15, 0.2) is 0 Å². The van der Waals surface area contributed by atoms with E-state index in [1.54, 1.807) is 12.0 Å². The molecule has 1 saturated heterocycles. The predicted octanol–water partition coefficient (Wildman–Crippen LogP) is 0.860. The number of ether oxygens (including phenoxy) is 1. The molecule has 1 aliphatic rings. The summed E-state index contributed by atoms with van der Waals surface area (Å²) >= 11 is 0. The molecule has 0 aliphatic carbocycles. The zero-order valence-corrected chi connectivity index (χ0v) is 12.0. The Morgan fingerprint density at radius 1 is 1.38 bits per heavy atom. The van der Waals surface area contributed by atoms with Crippen LogP contribution in [0.1, 0.15) is 18.4 Å². The molecule has 0 unspecified atom stereocenters. The van der Waals surface area contributed by atoms with Crippen molar-refractivity contribution in [2.75, 3.05) is 20.2 Å². The summed E-state index contributed by atoms with van der Waals surface area (Å²) < 4.78 is 5.07. The molecule has 0 aromatic heterocycles. The number of carbonyl (C=O) groups is 2. The molecule has 0 radical (unpaired) electrons. The number of methoxy groups -OCH3 is 1. The van der Waals surface area contributed by atoms with Gasteiger partial charge in [0.2, 0.25) is 5.91 Å². The summed E-state index contributed by atoms with van der Waals surface area (Å²) in [6.45, 7) is 1.22. The molecular weight excluding hydrogens is 272 g/mol. The van der Waals surface area contributed by atoms with Gasteiger partial charge in [0.1, 0.15) is 11.8 Å². The van der Waals surface area contributed by atoms with Crippen LogP contribution in [0.15, 0.2) is 24.3 Å². The molecule has 0 saturated carbocycles. The second-order valence-electron chi connectivity index (χ2n) is 5.09. The number of carboxylic acids is 1. The van der Waals surface area contributed by atoms with Crippen molar-refractivity contribution in [1.82, 2.24) is 10.2 Å². The summed E-state index contributed by atoms with van der Waals surface area (Å²) in [5, 5.41) is 11.9. The number of hydrogen-bond donors (Lipinski definition) is 2. The Kier molecular flexibility index (Phi) is 5.16. The highest BCUT2D eigenvalue weighted by atomic mass is 16.5. The van der Waals surface area contributed by atoms with Crippen molar-refractivity contribution in [1.29, 1.82) is 0 Å². The maximum absolute atomic E-state index is 11.9. The maximum atomic E-state index is 11.9. The van der Waals surface area contributed by atoms with Crippen LogP contribution in [0.2, 0.25) is 0 Å². The molecule has 0 spiro atoms. The number of aliphatic carboxylic acids is 1. The van der Waals surface area contributed by atoms with Crippen molar-refractivity contribution < 1.29 is 19.4 Å². The Hall–Kier alpha value is -2.08. The molecule has 1 aromatic rings. The third kappa shape index (κ3) is 4.19. The number of rotatable bonds is 6. The van der Waals surface area contributed by atoms with E-state index in [4.69, 9.17) is 9.84 Å². The fourth-order valence-electron chi connectivity index (χ4n) is 2.48. The number of carboxylic acid groups (broad SMARTS) is 1. The van der Waals surface area contributed by atoms with Crippen molar-refractivity contribution in [2.45, 2.75) is 25.4 Å². The van der Waals surface area contributed by atoms with Crippen molar-refractivity contribution in [3.05, 3.63) is 29.8 Å².